The van der Waals surface area contributed by atoms with Gasteiger partial charge < -0.3 is 0 Å². The number of pyridine rings is 1. The lowest BCUT2D eigenvalue weighted by atomic mass is 10.2. The maximum atomic E-state index is 13.0. The Morgan fingerprint density at radius 2 is 1.45 bits per heavy atom. The van der Waals surface area contributed by atoms with Crippen molar-refractivity contribution in [2.24, 2.45) is 0 Å². The Balaban J connectivity index is 2.18. The first-order chi connectivity index (χ1) is 10.7. The van der Waals surface area contributed by atoms with E-state index in [0.717, 1.165) is 10.8 Å². The van der Waals surface area contributed by atoms with Crippen LogP contribution in [0.5, 0.6) is 0 Å². The van der Waals surface area contributed by atoms with Crippen molar-refractivity contribution in [3.8, 4) is 0 Å². The van der Waals surface area contributed by atoms with Crippen LogP contribution in [-0.4, -0.2) is 17.4 Å². The van der Waals surface area contributed by atoms with E-state index in [0.29, 0.717) is 11.2 Å². The summed E-state index contributed by atoms with van der Waals surface area (Å²) in [6.07, 6.45) is 1.61. The topological polar surface area (TPSA) is 52.0 Å². The number of nitrogens with zero attached hydrogens (tertiary/aromatic N) is 2. The van der Waals surface area contributed by atoms with Crippen LogP contribution in [0.4, 0.5) is 0 Å². The molecule has 0 atom stereocenters. The van der Waals surface area contributed by atoms with Crippen molar-refractivity contribution in [3.05, 3.63) is 72.9 Å². The van der Waals surface area contributed by atoms with Gasteiger partial charge in [0, 0.05) is 17.0 Å². The van der Waals surface area contributed by atoms with Crippen LogP contribution in [0, 0.1) is 0 Å². The summed E-state index contributed by atoms with van der Waals surface area (Å²) in [5.41, 5.74) is 1.09. The van der Waals surface area contributed by atoms with E-state index in [1.54, 1.807) is 42.6 Å². The van der Waals surface area contributed by atoms with E-state index in [9.17, 15) is 8.42 Å². The van der Waals surface area contributed by atoms with Crippen LogP contribution in [0.3, 0.4) is 0 Å². The summed E-state index contributed by atoms with van der Waals surface area (Å²) in [6, 6.07) is 19.6. The van der Waals surface area contributed by atoms with Crippen molar-refractivity contribution in [3.63, 3.8) is 0 Å². The first kappa shape index (κ1) is 13.0. The molecule has 0 saturated carbocycles. The SMILES string of the molecule is O=S(=O)(c1ccccc1)n1c2ccccc2c2cccnc21. The van der Waals surface area contributed by atoms with Gasteiger partial charge in [0.15, 0.2) is 5.65 Å². The number of aromatic nitrogens is 2. The lowest BCUT2D eigenvalue weighted by Crippen LogP contribution is -2.13. The molecule has 0 unspecified atom stereocenters. The number of para-hydroxylation sites is 1. The van der Waals surface area contributed by atoms with E-state index in [1.807, 2.05) is 30.3 Å². The van der Waals surface area contributed by atoms with Gasteiger partial charge >= 0.3 is 0 Å². The van der Waals surface area contributed by atoms with Gasteiger partial charge in [-0.3, -0.25) is 0 Å². The third-order valence-corrected chi connectivity index (χ3v) is 5.39. The normalized spacial score (nSPS) is 12.0. The van der Waals surface area contributed by atoms with E-state index >= 15 is 0 Å². The Kier molecular flexibility index (Phi) is 2.77. The molecule has 108 valence electrons. The Hall–Kier alpha value is -2.66. The molecule has 0 amide bonds. The number of fused-ring (bicyclic) bond motifs is 3. The molecular weight excluding hydrogens is 296 g/mol. The Bertz CT molecular complexity index is 1030. The Morgan fingerprint density at radius 1 is 0.773 bits per heavy atom. The summed E-state index contributed by atoms with van der Waals surface area (Å²) in [4.78, 5) is 4.55. The molecule has 0 N–H and O–H groups in total. The fourth-order valence-corrected chi connectivity index (χ4v) is 4.21. The molecule has 22 heavy (non-hydrogen) atoms. The summed E-state index contributed by atoms with van der Waals surface area (Å²) in [5, 5.41) is 1.71. The first-order valence-corrected chi connectivity index (χ1v) is 8.28. The summed E-state index contributed by atoms with van der Waals surface area (Å²) < 4.78 is 27.4. The van der Waals surface area contributed by atoms with E-state index < -0.39 is 10.0 Å². The molecule has 0 bridgehead atoms. The van der Waals surface area contributed by atoms with Gasteiger partial charge in [0.05, 0.1) is 10.4 Å². The predicted molar refractivity (Wildman–Crippen MR) is 86.3 cm³/mol. The second-order valence-corrected chi connectivity index (χ2v) is 6.76. The van der Waals surface area contributed by atoms with Crippen LogP contribution in [0.1, 0.15) is 0 Å². The molecule has 2 heterocycles. The third-order valence-electron chi connectivity index (χ3n) is 3.67. The second-order valence-electron chi connectivity index (χ2n) is 4.97. The molecular formula is C17H12N2O2S. The van der Waals surface area contributed by atoms with Gasteiger partial charge in [-0.2, -0.15) is 0 Å². The van der Waals surface area contributed by atoms with Crippen molar-refractivity contribution in [1.82, 2.24) is 8.96 Å². The van der Waals surface area contributed by atoms with Crippen molar-refractivity contribution < 1.29 is 8.42 Å². The monoisotopic (exact) mass is 308 g/mol. The summed E-state index contributed by atoms with van der Waals surface area (Å²) in [5.74, 6) is 0. The molecule has 4 aromatic rings. The molecule has 0 aliphatic rings. The van der Waals surface area contributed by atoms with Crippen molar-refractivity contribution in [2.75, 3.05) is 0 Å². The van der Waals surface area contributed by atoms with Gasteiger partial charge in [0.2, 0.25) is 0 Å². The van der Waals surface area contributed by atoms with Gasteiger partial charge in [-0.1, -0.05) is 36.4 Å². The lowest BCUT2D eigenvalue weighted by Gasteiger charge is -2.08. The highest BCUT2D eigenvalue weighted by atomic mass is 32.2. The smallest absolute Gasteiger partial charge is 0.237 e. The third kappa shape index (κ3) is 1.76. The molecule has 0 spiro atoms. The number of rotatable bonds is 2. The minimum Gasteiger partial charge on any atom is -0.237 e. The molecule has 4 nitrogen and oxygen atoms in total. The van der Waals surface area contributed by atoms with Crippen molar-refractivity contribution >= 4 is 32.0 Å². The van der Waals surface area contributed by atoms with Crippen molar-refractivity contribution in [2.45, 2.75) is 4.90 Å². The Labute approximate surface area is 127 Å². The van der Waals surface area contributed by atoms with Gasteiger partial charge in [0.25, 0.3) is 10.0 Å². The molecule has 0 aliphatic heterocycles. The van der Waals surface area contributed by atoms with Gasteiger partial charge in [-0.05, 0) is 30.3 Å². The van der Waals surface area contributed by atoms with Gasteiger partial charge in [0.1, 0.15) is 0 Å². The number of hydrogen-bond donors (Lipinski definition) is 0. The van der Waals surface area contributed by atoms with Crippen LogP contribution < -0.4 is 0 Å². The second kappa shape index (κ2) is 4.68. The van der Waals surface area contributed by atoms with E-state index in [4.69, 9.17) is 0 Å². The van der Waals surface area contributed by atoms with Crippen molar-refractivity contribution in [1.29, 1.82) is 0 Å². The summed E-state index contributed by atoms with van der Waals surface area (Å²) in [7, 11) is -3.69. The van der Waals surface area contributed by atoms with Crippen LogP contribution in [0.15, 0.2) is 77.8 Å². The average molecular weight is 308 g/mol. The predicted octanol–water partition coefficient (Wildman–Crippen LogP) is 3.43. The standard InChI is InChI=1S/C17H12N2O2S/c20-22(21,13-7-2-1-3-8-13)19-16-11-5-4-9-14(16)15-10-6-12-18-17(15)19/h1-12H. The lowest BCUT2D eigenvalue weighted by molar-refractivity contribution is 0.590. The first-order valence-electron chi connectivity index (χ1n) is 6.84. The van der Waals surface area contributed by atoms with E-state index in [-0.39, 0.29) is 4.90 Å². The fraction of sp³-hybridized carbons (Fsp3) is 0. The average Bonchev–Trinajstić information content (AvgIpc) is 2.91. The van der Waals surface area contributed by atoms with Gasteiger partial charge in [-0.15, -0.1) is 0 Å². The minimum atomic E-state index is -3.69. The Morgan fingerprint density at radius 3 is 2.27 bits per heavy atom. The van der Waals surface area contributed by atoms with E-state index in [2.05, 4.69) is 4.98 Å². The van der Waals surface area contributed by atoms with E-state index in [1.165, 1.54) is 3.97 Å². The molecule has 0 fully saturated rings. The zero-order valence-corrected chi connectivity index (χ0v) is 12.4. The molecule has 4 rings (SSSR count). The molecule has 0 aliphatic carbocycles. The highest BCUT2D eigenvalue weighted by molar-refractivity contribution is 7.90. The molecule has 0 saturated heterocycles. The summed E-state index contributed by atoms with van der Waals surface area (Å²) in [6.45, 7) is 0. The summed E-state index contributed by atoms with van der Waals surface area (Å²) >= 11 is 0. The molecule has 0 radical (unpaired) electrons. The quantitative estimate of drug-likeness (QED) is 0.570. The zero-order chi connectivity index (χ0) is 15.2. The maximum Gasteiger partial charge on any atom is 0.269 e. The van der Waals surface area contributed by atoms with Crippen LogP contribution in [0.25, 0.3) is 21.9 Å². The molecule has 2 aromatic heterocycles. The van der Waals surface area contributed by atoms with Crippen LogP contribution >= 0.6 is 0 Å². The molecule has 5 heteroatoms. The number of benzene rings is 2. The highest BCUT2D eigenvalue weighted by Crippen LogP contribution is 2.30. The van der Waals surface area contributed by atoms with Gasteiger partial charge in [-0.25, -0.2) is 17.4 Å². The maximum absolute atomic E-state index is 13.0. The number of hydrogen-bond acceptors (Lipinski definition) is 3. The fourth-order valence-electron chi connectivity index (χ4n) is 2.70. The minimum absolute atomic E-state index is 0.253. The van der Waals surface area contributed by atoms with Crippen LogP contribution in [-0.2, 0) is 10.0 Å². The highest BCUT2D eigenvalue weighted by Gasteiger charge is 2.23. The zero-order valence-electron chi connectivity index (χ0n) is 11.5. The van der Waals surface area contributed by atoms with Crippen LogP contribution in [0.2, 0.25) is 0 Å². The molecule has 2 aromatic carbocycles. The largest absolute Gasteiger partial charge is 0.269 e.